The monoisotopic (exact) mass is 377 g/mol. The third kappa shape index (κ3) is 4.14. The van der Waals surface area contributed by atoms with E-state index >= 15 is 0 Å². The molecule has 3 aromatic rings. The summed E-state index contributed by atoms with van der Waals surface area (Å²) in [6.07, 6.45) is 0.220. The standard InChI is InChI=1S/C23H27N3O2/c1-14(2)18-6-8-19(9-7-18)25-22(27)10-11-26-21-13-16(4)15(3)12-20(21)24-17(5)23(26)28/h6-9,12-14H,10-11H2,1-5H3,(H,25,27). The number of rotatable bonds is 5. The lowest BCUT2D eigenvalue weighted by atomic mass is 10.0. The van der Waals surface area contributed by atoms with E-state index in [0.29, 0.717) is 18.2 Å². The molecule has 0 spiro atoms. The zero-order chi connectivity index (χ0) is 20.4. The number of anilines is 1. The van der Waals surface area contributed by atoms with Crippen LogP contribution in [0.2, 0.25) is 0 Å². The molecule has 0 aliphatic carbocycles. The van der Waals surface area contributed by atoms with Gasteiger partial charge in [0.25, 0.3) is 5.56 Å². The van der Waals surface area contributed by atoms with E-state index in [1.165, 1.54) is 5.56 Å². The molecule has 146 valence electrons. The highest BCUT2D eigenvalue weighted by Crippen LogP contribution is 2.19. The molecule has 0 radical (unpaired) electrons. The zero-order valence-electron chi connectivity index (χ0n) is 17.2. The number of nitrogens with one attached hydrogen (secondary N) is 1. The molecule has 1 N–H and O–H groups in total. The SMILES string of the molecule is Cc1cc2nc(C)c(=O)n(CCC(=O)Nc3ccc(C(C)C)cc3)c2cc1C. The van der Waals surface area contributed by atoms with Gasteiger partial charge in [-0.05, 0) is 67.6 Å². The molecule has 28 heavy (non-hydrogen) atoms. The second-order valence-corrected chi connectivity index (χ2v) is 7.65. The van der Waals surface area contributed by atoms with Crippen LogP contribution in [0.1, 0.15) is 48.6 Å². The van der Waals surface area contributed by atoms with E-state index in [1.54, 1.807) is 11.5 Å². The molecule has 5 heteroatoms. The Kier molecular flexibility index (Phi) is 5.63. The van der Waals surface area contributed by atoms with Gasteiger partial charge in [0.05, 0.1) is 11.0 Å². The van der Waals surface area contributed by atoms with Crippen molar-refractivity contribution in [2.45, 2.75) is 53.5 Å². The average Bonchev–Trinajstić information content (AvgIpc) is 2.64. The minimum atomic E-state index is -0.148. The predicted octanol–water partition coefficient (Wildman–Crippen LogP) is 4.47. The number of hydrogen-bond acceptors (Lipinski definition) is 3. The summed E-state index contributed by atoms with van der Waals surface area (Å²) >= 11 is 0. The Morgan fingerprint density at radius 3 is 2.36 bits per heavy atom. The summed E-state index contributed by atoms with van der Waals surface area (Å²) in [6.45, 7) is 10.3. The Morgan fingerprint density at radius 1 is 1.07 bits per heavy atom. The van der Waals surface area contributed by atoms with Crippen LogP contribution >= 0.6 is 0 Å². The zero-order valence-corrected chi connectivity index (χ0v) is 17.2. The third-order valence-electron chi connectivity index (χ3n) is 5.15. The quantitative estimate of drug-likeness (QED) is 0.713. The van der Waals surface area contributed by atoms with Crippen molar-refractivity contribution in [2.75, 3.05) is 5.32 Å². The number of benzene rings is 2. The molecule has 0 fully saturated rings. The van der Waals surface area contributed by atoms with Crippen LogP contribution in [0.5, 0.6) is 0 Å². The lowest BCUT2D eigenvalue weighted by Crippen LogP contribution is -2.26. The van der Waals surface area contributed by atoms with Crippen LogP contribution in [0.15, 0.2) is 41.2 Å². The van der Waals surface area contributed by atoms with Gasteiger partial charge in [-0.25, -0.2) is 4.98 Å². The maximum Gasteiger partial charge on any atom is 0.272 e. The number of amides is 1. The number of nitrogens with zero attached hydrogens (tertiary/aromatic N) is 2. The summed E-state index contributed by atoms with van der Waals surface area (Å²) in [7, 11) is 0. The van der Waals surface area contributed by atoms with E-state index in [1.807, 2.05) is 50.2 Å². The second kappa shape index (κ2) is 7.97. The van der Waals surface area contributed by atoms with E-state index in [-0.39, 0.29) is 17.9 Å². The van der Waals surface area contributed by atoms with Crippen LogP contribution in [0, 0.1) is 20.8 Å². The molecule has 3 rings (SSSR count). The Balaban J connectivity index is 1.79. The van der Waals surface area contributed by atoms with E-state index < -0.39 is 0 Å². The maximum atomic E-state index is 12.6. The van der Waals surface area contributed by atoms with Gasteiger partial charge in [0.1, 0.15) is 5.69 Å². The molecule has 0 saturated carbocycles. The fourth-order valence-electron chi connectivity index (χ4n) is 3.23. The third-order valence-corrected chi connectivity index (χ3v) is 5.15. The predicted molar refractivity (Wildman–Crippen MR) is 114 cm³/mol. The maximum absolute atomic E-state index is 12.6. The van der Waals surface area contributed by atoms with Crippen molar-refractivity contribution in [1.29, 1.82) is 0 Å². The fourth-order valence-corrected chi connectivity index (χ4v) is 3.23. The first-order valence-electron chi connectivity index (χ1n) is 9.64. The van der Waals surface area contributed by atoms with Crippen molar-refractivity contribution >= 4 is 22.6 Å². The number of carbonyl (C=O) groups excluding carboxylic acids is 1. The van der Waals surface area contributed by atoms with Crippen molar-refractivity contribution in [3.05, 3.63) is 69.1 Å². The van der Waals surface area contributed by atoms with Gasteiger partial charge in [-0.3, -0.25) is 9.59 Å². The highest BCUT2D eigenvalue weighted by molar-refractivity contribution is 5.90. The number of carbonyl (C=O) groups is 1. The molecule has 0 saturated heterocycles. The number of hydrogen-bond donors (Lipinski definition) is 1. The molecule has 5 nitrogen and oxygen atoms in total. The second-order valence-electron chi connectivity index (χ2n) is 7.65. The number of fused-ring (bicyclic) bond motifs is 1. The average molecular weight is 377 g/mol. The summed E-state index contributed by atoms with van der Waals surface area (Å²) in [5.41, 5.74) is 6.08. The summed E-state index contributed by atoms with van der Waals surface area (Å²) in [6, 6.07) is 11.8. The molecule has 1 aromatic heterocycles. The van der Waals surface area contributed by atoms with Crippen LogP contribution in [0.3, 0.4) is 0 Å². The number of aromatic nitrogens is 2. The topological polar surface area (TPSA) is 64.0 Å². The molecule has 0 aliphatic rings. The fraction of sp³-hybridized carbons (Fsp3) is 0.348. The number of aryl methyl sites for hydroxylation is 4. The smallest absolute Gasteiger partial charge is 0.272 e. The first-order valence-corrected chi connectivity index (χ1v) is 9.64. The van der Waals surface area contributed by atoms with Gasteiger partial charge in [-0.15, -0.1) is 0 Å². The Hall–Kier alpha value is -2.95. The van der Waals surface area contributed by atoms with Gasteiger partial charge in [-0.1, -0.05) is 26.0 Å². The minimum absolute atomic E-state index is 0.115. The lowest BCUT2D eigenvalue weighted by molar-refractivity contribution is -0.116. The van der Waals surface area contributed by atoms with E-state index in [9.17, 15) is 9.59 Å². The molecule has 1 heterocycles. The van der Waals surface area contributed by atoms with Gasteiger partial charge in [0.2, 0.25) is 5.91 Å². The molecule has 0 unspecified atom stereocenters. The molecule has 1 amide bonds. The van der Waals surface area contributed by atoms with E-state index in [2.05, 4.69) is 24.1 Å². The Bertz CT molecular complexity index is 1080. The minimum Gasteiger partial charge on any atom is -0.326 e. The van der Waals surface area contributed by atoms with Crippen LogP contribution in [-0.4, -0.2) is 15.5 Å². The van der Waals surface area contributed by atoms with Crippen molar-refractivity contribution in [3.8, 4) is 0 Å². The van der Waals surface area contributed by atoms with Gasteiger partial charge in [0, 0.05) is 18.7 Å². The highest BCUT2D eigenvalue weighted by atomic mass is 16.2. The lowest BCUT2D eigenvalue weighted by Gasteiger charge is -2.13. The first-order chi connectivity index (χ1) is 13.3. The highest BCUT2D eigenvalue weighted by Gasteiger charge is 2.12. The largest absolute Gasteiger partial charge is 0.326 e. The van der Waals surface area contributed by atoms with Crippen molar-refractivity contribution in [3.63, 3.8) is 0 Å². The molecular weight excluding hydrogens is 350 g/mol. The first kappa shape index (κ1) is 19.8. The van der Waals surface area contributed by atoms with Crippen molar-refractivity contribution in [1.82, 2.24) is 9.55 Å². The molecule has 2 aromatic carbocycles. The molecular formula is C23H27N3O2. The summed E-state index contributed by atoms with van der Waals surface area (Å²) < 4.78 is 1.66. The molecule has 0 atom stereocenters. The van der Waals surface area contributed by atoms with Crippen molar-refractivity contribution in [2.24, 2.45) is 0 Å². The Labute approximate surface area is 165 Å². The molecule has 0 bridgehead atoms. The van der Waals surface area contributed by atoms with E-state index in [0.717, 1.165) is 27.8 Å². The van der Waals surface area contributed by atoms with Gasteiger partial charge < -0.3 is 9.88 Å². The van der Waals surface area contributed by atoms with Gasteiger partial charge in [0.15, 0.2) is 0 Å². The van der Waals surface area contributed by atoms with Crippen molar-refractivity contribution < 1.29 is 4.79 Å². The van der Waals surface area contributed by atoms with Crippen LogP contribution in [-0.2, 0) is 11.3 Å². The summed E-state index contributed by atoms with van der Waals surface area (Å²) in [4.78, 5) is 29.5. The molecule has 0 aliphatic heterocycles. The van der Waals surface area contributed by atoms with Crippen LogP contribution in [0.4, 0.5) is 5.69 Å². The van der Waals surface area contributed by atoms with Crippen LogP contribution in [0.25, 0.3) is 11.0 Å². The normalized spacial score (nSPS) is 11.2. The van der Waals surface area contributed by atoms with Crippen LogP contribution < -0.4 is 10.9 Å². The van der Waals surface area contributed by atoms with Gasteiger partial charge in [-0.2, -0.15) is 0 Å². The van der Waals surface area contributed by atoms with E-state index in [4.69, 9.17) is 0 Å². The van der Waals surface area contributed by atoms with Gasteiger partial charge >= 0.3 is 0 Å². The summed E-state index contributed by atoms with van der Waals surface area (Å²) in [5, 5.41) is 2.91. The Morgan fingerprint density at radius 2 is 1.71 bits per heavy atom. The summed E-state index contributed by atoms with van der Waals surface area (Å²) in [5.74, 6) is 0.336.